The van der Waals surface area contributed by atoms with Gasteiger partial charge in [-0.1, -0.05) is 0 Å². The second-order valence-corrected chi connectivity index (χ2v) is 4.66. The maximum absolute atomic E-state index is 12.8. The van der Waals surface area contributed by atoms with Crippen molar-refractivity contribution in [2.45, 2.75) is 25.1 Å². The molecule has 1 aromatic carbocycles. The number of anilines is 1. The van der Waals surface area contributed by atoms with E-state index < -0.39 is 22.4 Å². The standard InChI is InChI=1S/C12H14F3N3O2.ClH/c13-12(14,15)10-7-9(1-2-11(10)18(19)20)17-8-3-5-16-6-4-8;/h1-2,7-8,16-17H,3-6H2;1H. The quantitative estimate of drug-likeness (QED) is 0.661. The molecular formula is C12H15ClF3N3O2. The van der Waals surface area contributed by atoms with Crippen molar-refractivity contribution in [2.24, 2.45) is 0 Å². The maximum atomic E-state index is 12.8. The summed E-state index contributed by atoms with van der Waals surface area (Å²) in [5.41, 5.74) is -1.88. The molecule has 0 radical (unpaired) electrons. The summed E-state index contributed by atoms with van der Waals surface area (Å²) >= 11 is 0. The van der Waals surface area contributed by atoms with Crippen LogP contribution < -0.4 is 10.6 Å². The normalized spacial score (nSPS) is 16.1. The molecule has 118 valence electrons. The van der Waals surface area contributed by atoms with E-state index in [0.717, 1.165) is 38.1 Å². The average Bonchev–Trinajstić information content (AvgIpc) is 2.38. The van der Waals surface area contributed by atoms with E-state index in [9.17, 15) is 23.3 Å². The molecule has 0 bridgehead atoms. The highest BCUT2D eigenvalue weighted by Gasteiger charge is 2.38. The summed E-state index contributed by atoms with van der Waals surface area (Å²) in [4.78, 5) is 9.63. The van der Waals surface area contributed by atoms with Crippen molar-refractivity contribution in [1.82, 2.24) is 5.32 Å². The average molecular weight is 326 g/mol. The van der Waals surface area contributed by atoms with Crippen molar-refractivity contribution >= 4 is 23.8 Å². The molecule has 2 N–H and O–H groups in total. The van der Waals surface area contributed by atoms with Gasteiger partial charge in [0.2, 0.25) is 0 Å². The van der Waals surface area contributed by atoms with E-state index >= 15 is 0 Å². The fourth-order valence-electron chi connectivity index (χ4n) is 2.21. The fraction of sp³-hybridized carbons (Fsp3) is 0.500. The Morgan fingerprint density at radius 3 is 2.43 bits per heavy atom. The highest BCUT2D eigenvalue weighted by atomic mass is 35.5. The smallest absolute Gasteiger partial charge is 0.382 e. The lowest BCUT2D eigenvalue weighted by Gasteiger charge is -2.25. The second-order valence-electron chi connectivity index (χ2n) is 4.66. The van der Waals surface area contributed by atoms with E-state index in [1.54, 1.807) is 0 Å². The number of halogens is 4. The summed E-state index contributed by atoms with van der Waals surface area (Å²) < 4.78 is 38.5. The Morgan fingerprint density at radius 2 is 1.90 bits per heavy atom. The molecule has 1 fully saturated rings. The van der Waals surface area contributed by atoms with Gasteiger partial charge in [-0.05, 0) is 38.1 Å². The van der Waals surface area contributed by atoms with Crippen LogP contribution in [-0.4, -0.2) is 24.1 Å². The predicted octanol–water partition coefficient (Wildman–Crippen LogP) is 3.20. The van der Waals surface area contributed by atoms with Crippen molar-refractivity contribution in [3.63, 3.8) is 0 Å². The number of rotatable bonds is 3. The largest absolute Gasteiger partial charge is 0.423 e. The molecule has 1 aliphatic rings. The molecular weight excluding hydrogens is 311 g/mol. The summed E-state index contributed by atoms with van der Waals surface area (Å²) in [6, 6.07) is 3.10. The third kappa shape index (κ3) is 4.47. The minimum absolute atomic E-state index is 0. The van der Waals surface area contributed by atoms with Crippen molar-refractivity contribution in [1.29, 1.82) is 0 Å². The summed E-state index contributed by atoms with van der Waals surface area (Å²) in [6.45, 7) is 1.60. The molecule has 1 aromatic rings. The SMILES string of the molecule is Cl.O=[N+]([O-])c1ccc(NC2CCNCC2)cc1C(F)(F)F. The van der Waals surface area contributed by atoms with E-state index in [1.165, 1.54) is 6.07 Å². The number of nitro benzene ring substituents is 1. The van der Waals surface area contributed by atoms with Gasteiger partial charge in [-0.2, -0.15) is 13.2 Å². The molecule has 0 amide bonds. The van der Waals surface area contributed by atoms with Crippen LogP contribution >= 0.6 is 12.4 Å². The molecule has 2 rings (SSSR count). The number of benzene rings is 1. The number of nitro groups is 1. The third-order valence-electron chi connectivity index (χ3n) is 3.21. The van der Waals surface area contributed by atoms with Gasteiger partial charge in [0.25, 0.3) is 5.69 Å². The Kier molecular flexibility index (Phi) is 5.79. The Hall–Kier alpha value is -1.54. The molecule has 0 atom stereocenters. The van der Waals surface area contributed by atoms with Crippen molar-refractivity contribution in [2.75, 3.05) is 18.4 Å². The van der Waals surface area contributed by atoms with Crippen LogP contribution in [0.1, 0.15) is 18.4 Å². The molecule has 0 saturated carbocycles. The Labute approximate surface area is 125 Å². The van der Waals surface area contributed by atoms with E-state index in [4.69, 9.17) is 0 Å². The molecule has 0 aliphatic carbocycles. The van der Waals surface area contributed by atoms with Crippen LogP contribution in [0.15, 0.2) is 18.2 Å². The van der Waals surface area contributed by atoms with E-state index in [0.29, 0.717) is 0 Å². The molecule has 9 heteroatoms. The fourth-order valence-corrected chi connectivity index (χ4v) is 2.21. The van der Waals surface area contributed by atoms with Gasteiger partial charge in [0.05, 0.1) is 4.92 Å². The molecule has 1 heterocycles. The predicted molar refractivity (Wildman–Crippen MR) is 74.9 cm³/mol. The molecule has 0 spiro atoms. The molecule has 1 saturated heterocycles. The van der Waals surface area contributed by atoms with Gasteiger partial charge in [-0.3, -0.25) is 10.1 Å². The zero-order valence-electron chi connectivity index (χ0n) is 10.9. The first-order chi connectivity index (χ1) is 9.38. The van der Waals surface area contributed by atoms with E-state index in [2.05, 4.69) is 10.6 Å². The summed E-state index contributed by atoms with van der Waals surface area (Å²) in [5.74, 6) is 0. The lowest BCUT2D eigenvalue weighted by atomic mass is 10.1. The topological polar surface area (TPSA) is 67.2 Å². The van der Waals surface area contributed by atoms with Crippen LogP contribution in [0.3, 0.4) is 0 Å². The summed E-state index contributed by atoms with van der Waals surface area (Å²) in [5, 5.41) is 16.8. The molecule has 0 aromatic heterocycles. The van der Waals surface area contributed by atoms with Gasteiger partial charge < -0.3 is 10.6 Å². The number of nitrogens with zero attached hydrogens (tertiary/aromatic N) is 1. The van der Waals surface area contributed by atoms with Gasteiger partial charge >= 0.3 is 6.18 Å². The van der Waals surface area contributed by atoms with Crippen molar-refractivity contribution in [3.8, 4) is 0 Å². The zero-order valence-corrected chi connectivity index (χ0v) is 11.8. The number of nitrogens with one attached hydrogen (secondary N) is 2. The highest BCUT2D eigenvalue weighted by Crippen LogP contribution is 2.37. The van der Waals surface area contributed by atoms with Crippen LogP contribution in [0.5, 0.6) is 0 Å². The van der Waals surface area contributed by atoms with Crippen LogP contribution in [0.25, 0.3) is 0 Å². The van der Waals surface area contributed by atoms with Crippen molar-refractivity contribution in [3.05, 3.63) is 33.9 Å². The van der Waals surface area contributed by atoms with Crippen LogP contribution in [0.4, 0.5) is 24.5 Å². The van der Waals surface area contributed by atoms with Gasteiger partial charge in [0.1, 0.15) is 5.56 Å². The number of hydrogen-bond acceptors (Lipinski definition) is 4. The lowest BCUT2D eigenvalue weighted by Crippen LogP contribution is -2.35. The van der Waals surface area contributed by atoms with Gasteiger partial charge in [-0.15, -0.1) is 12.4 Å². The highest BCUT2D eigenvalue weighted by molar-refractivity contribution is 5.85. The first-order valence-electron chi connectivity index (χ1n) is 6.21. The Balaban J connectivity index is 0.00000220. The Bertz CT molecular complexity index is 505. The molecule has 5 nitrogen and oxygen atoms in total. The zero-order chi connectivity index (χ0) is 14.8. The maximum Gasteiger partial charge on any atom is 0.423 e. The van der Waals surface area contributed by atoms with Crippen LogP contribution in [0.2, 0.25) is 0 Å². The van der Waals surface area contributed by atoms with Crippen molar-refractivity contribution < 1.29 is 18.1 Å². The van der Waals surface area contributed by atoms with E-state index in [1.807, 2.05) is 0 Å². The Morgan fingerprint density at radius 1 is 1.29 bits per heavy atom. The number of piperidine rings is 1. The van der Waals surface area contributed by atoms with Gasteiger partial charge in [0, 0.05) is 17.8 Å². The first kappa shape index (κ1) is 17.5. The molecule has 0 unspecified atom stereocenters. The molecule has 21 heavy (non-hydrogen) atoms. The summed E-state index contributed by atoms with van der Waals surface area (Å²) in [7, 11) is 0. The van der Waals surface area contributed by atoms with Gasteiger partial charge in [-0.25, -0.2) is 0 Å². The lowest BCUT2D eigenvalue weighted by molar-refractivity contribution is -0.388. The first-order valence-corrected chi connectivity index (χ1v) is 6.21. The van der Waals surface area contributed by atoms with Crippen LogP contribution in [-0.2, 0) is 6.18 Å². The second kappa shape index (κ2) is 6.95. The monoisotopic (exact) mass is 325 g/mol. The number of alkyl halides is 3. The molecule has 1 aliphatic heterocycles. The minimum Gasteiger partial charge on any atom is -0.382 e. The third-order valence-corrected chi connectivity index (χ3v) is 3.21. The minimum atomic E-state index is -4.74. The summed E-state index contributed by atoms with van der Waals surface area (Å²) in [6.07, 6.45) is -3.13. The van der Waals surface area contributed by atoms with Crippen LogP contribution in [0, 0.1) is 10.1 Å². The van der Waals surface area contributed by atoms with E-state index in [-0.39, 0.29) is 24.1 Å². The van der Waals surface area contributed by atoms with Gasteiger partial charge in [0.15, 0.2) is 0 Å². The number of hydrogen-bond donors (Lipinski definition) is 2.